The molecule has 0 spiro atoms. The molecular weight excluding hydrogens is 220 g/mol. The first-order valence-corrected chi connectivity index (χ1v) is 5.65. The molecule has 0 bridgehead atoms. The van der Waals surface area contributed by atoms with Gasteiger partial charge in [0.25, 0.3) is 0 Å². The van der Waals surface area contributed by atoms with E-state index in [1.165, 1.54) is 5.56 Å². The van der Waals surface area contributed by atoms with Crippen LogP contribution in [0.5, 0.6) is 0 Å². The van der Waals surface area contributed by atoms with Crippen molar-refractivity contribution in [3.05, 3.63) is 34.6 Å². The lowest BCUT2D eigenvalue weighted by Gasteiger charge is -2.04. The minimum absolute atomic E-state index is 0.383. The van der Waals surface area contributed by atoms with Crippen molar-refractivity contribution in [2.24, 2.45) is 0 Å². The Morgan fingerprint density at radius 2 is 2.06 bits per heavy atom. The Labute approximate surface area is 99.1 Å². The first kappa shape index (κ1) is 10.9. The second-order valence-electron chi connectivity index (χ2n) is 3.64. The van der Waals surface area contributed by atoms with Crippen molar-refractivity contribution in [1.29, 1.82) is 0 Å². The van der Waals surface area contributed by atoms with Crippen LogP contribution in [0.4, 0.5) is 5.95 Å². The Morgan fingerprint density at radius 3 is 2.56 bits per heavy atom. The molecule has 5 heteroatoms. The van der Waals surface area contributed by atoms with Crippen LogP contribution in [0.25, 0.3) is 5.69 Å². The second-order valence-corrected chi connectivity index (χ2v) is 4.03. The van der Waals surface area contributed by atoms with Gasteiger partial charge >= 0.3 is 0 Å². The number of aryl methyl sites for hydroxylation is 1. The summed E-state index contributed by atoms with van der Waals surface area (Å²) in [6.45, 7) is 2.16. The number of aromatic nitrogens is 3. The summed E-state index contributed by atoms with van der Waals surface area (Å²) in [6.07, 6.45) is 2.24. The Balaban J connectivity index is 2.39. The number of anilines is 1. The van der Waals surface area contributed by atoms with Gasteiger partial charge in [-0.05, 0) is 36.3 Å². The normalized spacial score (nSPS) is 10.6. The van der Waals surface area contributed by atoms with Crippen LogP contribution in [0.3, 0.4) is 0 Å². The number of nitrogens with two attached hydrogens (primary N) is 1. The van der Waals surface area contributed by atoms with Crippen LogP contribution in [0.1, 0.15) is 18.9 Å². The zero-order valence-electron chi connectivity index (χ0n) is 9.10. The van der Waals surface area contributed by atoms with Gasteiger partial charge in [0, 0.05) is 0 Å². The lowest BCUT2D eigenvalue weighted by Crippen LogP contribution is -2.00. The van der Waals surface area contributed by atoms with Crippen LogP contribution in [-0.4, -0.2) is 14.8 Å². The van der Waals surface area contributed by atoms with Crippen LogP contribution in [0.2, 0.25) is 0 Å². The molecule has 4 nitrogen and oxygen atoms in total. The molecule has 0 atom stereocenters. The third-order valence-corrected chi connectivity index (χ3v) is 2.71. The highest BCUT2D eigenvalue weighted by Gasteiger charge is 2.03. The maximum Gasteiger partial charge on any atom is 0.225 e. The molecule has 0 radical (unpaired) electrons. The maximum absolute atomic E-state index is 5.72. The molecule has 0 fully saturated rings. The Kier molecular flexibility index (Phi) is 3.05. The van der Waals surface area contributed by atoms with E-state index >= 15 is 0 Å². The highest BCUT2D eigenvalue weighted by molar-refractivity contribution is 7.71. The molecule has 0 aliphatic heterocycles. The van der Waals surface area contributed by atoms with Gasteiger partial charge in [0.2, 0.25) is 10.7 Å². The van der Waals surface area contributed by atoms with E-state index in [1.54, 1.807) is 4.57 Å². The minimum atomic E-state index is 0.383. The number of nitrogens with one attached hydrogen (secondary N) is 1. The van der Waals surface area contributed by atoms with E-state index in [1.807, 2.05) is 12.1 Å². The number of hydrogen-bond donors (Lipinski definition) is 2. The molecule has 1 aromatic carbocycles. The fraction of sp³-hybridized carbons (Fsp3) is 0.273. The third-order valence-electron chi connectivity index (χ3n) is 2.43. The second kappa shape index (κ2) is 4.49. The first-order valence-electron chi connectivity index (χ1n) is 5.24. The number of H-pyrrole nitrogens is 1. The van der Waals surface area contributed by atoms with Gasteiger partial charge < -0.3 is 5.73 Å². The maximum atomic E-state index is 5.72. The van der Waals surface area contributed by atoms with Crippen LogP contribution < -0.4 is 5.73 Å². The van der Waals surface area contributed by atoms with Gasteiger partial charge in [-0.3, -0.25) is 4.57 Å². The van der Waals surface area contributed by atoms with Crippen LogP contribution >= 0.6 is 12.2 Å². The Hall–Kier alpha value is -1.62. The Bertz CT molecular complexity index is 524. The van der Waals surface area contributed by atoms with E-state index in [4.69, 9.17) is 18.0 Å². The van der Waals surface area contributed by atoms with E-state index in [-0.39, 0.29) is 0 Å². The van der Waals surface area contributed by atoms with E-state index in [0.717, 1.165) is 18.5 Å². The SMILES string of the molecule is CCCc1ccc(-n2c(N)n[nH]c2=S)cc1. The summed E-state index contributed by atoms with van der Waals surface area (Å²) < 4.78 is 2.23. The summed E-state index contributed by atoms with van der Waals surface area (Å²) in [7, 11) is 0. The molecular formula is C11H14N4S. The van der Waals surface area contributed by atoms with Crippen molar-refractivity contribution < 1.29 is 0 Å². The standard InChI is InChI=1S/C11H14N4S/c1-2-3-8-4-6-9(7-5-8)15-10(12)13-14-11(15)16/h4-7H,2-3H2,1H3,(H2,12,13)(H,14,16). The average Bonchev–Trinajstić information content (AvgIpc) is 2.61. The smallest absolute Gasteiger partial charge is 0.225 e. The molecule has 1 aromatic heterocycles. The van der Waals surface area contributed by atoms with Crippen molar-refractivity contribution in [2.75, 3.05) is 5.73 Å². The van der Waals surface area contributed by atoms with E-state index in [0.29, 0.717) is 10.7 Å². The first-order chi connectivity index (χ1) is 7.72. The van der Waals surface area contributed by atoms with Crippen LogP contribution in [0, 0.1) is 4.77 Å². The summed E-state index contributed by atoms with van der Waals surface area (Å²) in [6, 6.07) is 8.19. The molecule has 0 amide bonds. The summed E-state index contributed by atoms with van der Waals surface area (Å²) in [4.78, 5) is 0. The van der Waals surface area contributed by atoms with Gasteiger partial charge in [0.05, 0.1) is 5.69 Å². The van der Waals surface area contributed by atoms with E-state index in [2.05, 4.69) is 29.3 Å². The number of benzene rings is 1. The molecule has 0 saturated carbocycles. The summed E-state index contributed by atoms with van der Waals surface area (Å²) in [5.41, 5.74) is 7.98. The van der Waals surface area contributed by atoms with Gasteiger partial charge in [-0.2, -0.15) is 0 Å². The summed E-state index contributed by atoms with van der Waals surface area (Å²) in [5.74, 6) is 0.383. The fourth-order valence-electron chi connectivity index (χ4n) is 1.66. The van der Waals surface area contributed by atoms with Gasteiger partial charge in [-0.1, -0.05) is 25.5 Å². The lowest BCUT2D eigenvalue weighted by atomic mass is 10.1. The summed E-state index contributed by atoms with van der Waals surface area (Å²) in [5, 5.41) is 6.54. The lowest BCUT2D eigenvalue weighted by molar-refractivity contribution is 0.919. The molecule has 16 heavy (non-hydrogen) atoms. The van der Waals surface area contributed by atoms with Gasteiger partial charge in [-0.15, -0.1) is 5.10 Å². The molecule has 0 saturated heterocycles. The van der Waals surface area contributed by atoms with Crippen molar-refractivity contribution in [3.63, 3.8) is 0 Å². The van der Waals surface area contributed by atoms with Crippen molar-refractivity contribution >= 4 is 18.2 Å². The van der Waals surface area contributed by atoms with E-state index in [9.17, 15) is 0 Å². The van der Waals surface area contributed by atoms with Crippen molar-refractivity contribution in [2.45, 2.75) is 19.8 Å². The molecule has 2 rings (SSSR count). The zero-order valence-corrected chi connectivity index (χ0v) is 9.92. The molecule has 0 aliphatic carbocycles. The van der Waals surface area contributed by atoms with E-state index < -0.39 is 0 Å². The zero-order chi connectivity index (χ0) is 11.5. The van der Waals surface area contributed by atoms with Crippen molar-refractivity contribution in [3.8, 4) is 5.69 Å². The number of rotatable bonds is 3. The number of aromatic amines is 1. The number of hydrogen-bond acceptors (Lipinski definition) is 3. The third kappa shape index (κ3) is 1.99. The van der Waals surface area contributed by atoms with Gasteiger partial charge in [0.1, 0.15) is 0 Å². The largest absolute Gasteiger partial charge is 0.368 e. The quantitative estimate of drug-likeness (QED) is 0.802. The van der Waals surface area contributed by atoms with Gasteiger partial charge in [0.15, 0.2) is 0 Å². The van der Waals surface area contributed by atoms with Crippen LogP contribution in [0.15, 0.2) is 24.3 Å². The Morgan fingerprint density at radius 1 is 1.38 bits per heavy atom. The highest BCUT2D eigenvalue weighted by Crippen LogP contribution is 2.14. The molecule has 3 N–H and O–H groups in total. The number of nitrogens with zero attached hydrogens (tertiary/aromatic N) is 2. The number of nitrogen functional groups attached to an aromatic ring is 1. The predicted octanol–water partition coefficient (Wildman–Crippen LogP) is 2.46. The van der Waals surface area contributed by atoms with Crippen molar-refractivity contribution in [1.82, 2.24) is 14.8 Å². The van der Waals surface area contributed by atoms with Crippen LogP contribution in [-0.2, 0) is 6.42 Å². The fourth-order valence-corrected chi connectivity index (χ4v) is 1.90. The molecule has 84 valence electrons. The predicted molar refractivity (Wildman–Crippen MR) is 67.2 cm³/mol. The highest BCUT2D eigenvalue weighted by atomic mass is 32.1. The summed E-state index contributed by atoms with van der Waals surface area (Å²) >= 11 is 5.10. The van der Waals surface area contributed by atoms with Gasteiger partial charge in [-0.25, -0.2) is 5.10 Å². The molecule has 1 heterocycles. The topological polar surface area (TPSA) is 59.6 Å². The monoisotopic (exact) mass is 234 g/mol. The molecule has 0 aliphatic rings. The molecule has 0 unspecified atom stereocenters. The average molecular weight is 234 g/mol. The minimum Gasteiger partial charge on any atom is -0.368 e. The molecule has 2 aromatic rings.